The summed E-state index contributed by atoms with van der Waals surface area (Å²) in [6.45, 7) is 7.45. The SMILES string of the molecule is CC[C@H]1CN(c2nc(N)c(C(=O)NCCO)nc2Cl)CCN1C1CCN(Cc2ccc(Oc3ccc(F)cc3)cc2)CC1. The number of likely N-dealkylation sites (tertiary alicyclic amines) is 1. The number of hydrogen-bond acceptors (Lipinski definition) is 9. The summed E-state index contributed by atoms with van der Waals surface area (Å²) in [6.07, 6.45) is 3.20. The molecule has 0 unspecified atom stereocenters. The third-order valence-corrected chi connectivity index (χ3v) is 8.43. The Labute approximate surface area is 256 Å². The van der Waals surface area contributed by atoms with Crippen molar-refractivity contribution in [3.63, 3.8) is 0 Å². The number of benzene rings is 2. The average molecular weight is 612 g/mol. The summed E-state index contributed by atoms with van der Waals surface area (Å²) >= 11 is 6.48. The van der Waals surface area contributed by atoms with Gasteiger partial charge in [-0.15, -0.1) is 0 Å². The molecule has 2 aromatic carbocycles. The van der Waals surface area contributed by atoms with Crippen LogP contribution in [0.25, 0.3) is 0 Å². The summed E-state index contributed by atoms with van der Waals surface area (Å²) in [6, 6.07) is 15.0. The van der Waals surface area contributed by atoms with E-state index in [0.29, 0.717) is 23.7 Å². The lowest BCUT2D eigenvalue weighted by Crippen LogP contribution is -2.58. The molecule has 3 heterocycles. The van der Waals surface area contributed by atoms with Gasteiger partial charge in [0.05, 0.1) is 6.61 Å². The number of aliphatic hydroxyl groups excluding tert-OH is 1. The fourth-order valence-corrected chi connectivity index (χ4v) is 6.16. The Hall–Kier alpha value is -3.51. The first-order valence-electron chi connectivity index (χ1n) is 14.8. The zero-order valence-electron chi connectivity index (χ0n) is 24.4. The number of aliphatic hydroxyl groups is 1. The van der Waals surface area contributed by atoms with Crippen LogP contribution in [0.4, 0.5) is 16.0 Å². The van der Waals surface area contributed by atoms with Crippen LogP contribution in [0.1, 0.15) is 42.2 Å². The van der Waals surface area contributed by atoms with Crippen molar-refractivity contribution in [3.05, 3.63) is 70.8 Å². The van der Waals surface area contributed by atoms with Gasteiger partial charge in [-0.25, -0.2) is 14.4 Å². The fourth-order valence-electron chi connectivity index (χ4n) is 5.91. The van der Waals surface area contributed by atoms with Gasteiger partial charge in [0.25, 0.3) is 5.91 Å². The molecule has 12 heteroatoms. The van der Waals surface area contributed by atoms with Gasteiger partial charge >= 0.3 is 0 Å². The maximum absolute atomic E-state index is 13.1. The van der Waals surface area contributed by atoms with E-state index >= 15 is 0 Å². The van der Waals surface area contributed by atoms with Gasteiger partial charge in [-0.2, -0.15) is 0 Å². The topological polar surface area (TPSA) is 120 Å². The van der Waals surface area contributed by atoms with Gasteiger partial charge in [0.15, 0.2) is 22.5 Å². The minimum atomic E-state index is -0.511. The first-order valence-corrected chi connectivity index (χ1v) is 15.2. The van der Waals surface area contributed by atoms with Crippen molar-refractivity contribution < 1.29 is 19.0 Å². The van der Waals surface area contributed by atoms with E-state index in [1.165, 1.54) is 17.7 Å². The zero-order valence-corrected chi connectivity index (χ0v) is 25.1. The van der Waals surface area contributed by atoms with Crippen molar-refractivity contribution in [2.24, 2.45) is 0 Å². The number of carbonyl (C=O) groups excluding carboxylic acids is 1. The molecule has 2 aliphatic rings. The molecule has 2 aliphatic heterocycles. The maximum Gasteiger partial charge on any atom is 0.273 e. The molecule has 0 saturated carbocycles. The number of ether oxygens (including phenoxy) is 1. The van der Waals surface area contributed by atoms with Crippen LogP contribution in [0, 0.1) is 5.82 Å². The molecule has 0 aliphatic carbocycles. The molecule has 230 valence electrons. The number of carbonyl (C=O) groups is 1. The van der Waals surface area contributed by atoms with Crippen LogP contribution in [-0.2, 0) is 6.54 Å². The standard InChI is InChI=1S/C31H39ClFN7O3/c1-2-23-20-39(30-28(32)36-27(29(34)37-30)31(42)35-13-18-41)16-17-40(23)24-11-14-38(15-12-24)19-21-3-7-25(8-4-21)43-26-9-5-22(33)6-10-26/h3-10,23-24,41H,2,11-20H2,1H3,(H2,34,37)(H,35,42)/t23-/m0/s1. The van der Waals surface area contributed by atoms with Crippen molar-refractivity contribution >= 4 is 29.1 Å². The van der Waals surface area contributed by atoms with Gasteiger partial charge in [0.1, 0.15) is 17.3 Å². The smallest absolute Gasteiger partial charge is 0.273 e. The number of nitrogen functional groups attached to an aromatic ring is 1. The van der Waals surface area contributed by atoms with Crippen LogP contribution in [0.5, 0.6) is 11.5 Å². The molecule has 0 spiro atoms. The Kier molecular flexibility index (Phi) is 10.3. The van der Waals surface area contributed by atoms with E-state index in [1.54, 1.807) is 12.1 Å². The third kappa shape index (κ3) is 7.72. The van der Waals surface area contributed by atoms with Crippen LogP contribution in [-0.4, -0.2) is 88.7 Å². The predicted octanol–water partition coefficient (Wildman–Crippen LogP) is 3.93. The van der Waals surface area contributed by atoms with Crippen molar-refractivity contribution in [3.8, 4) is 11.5 Å². The highest BCUT2D eigenvalue weighted by Crippen LogP contribution is 2.30. The Morgan fingerprint density at radius 2 is 1.74 bits per heavy atom. The van der Waals surface area contributed by atoms with Crippen molar-refractivity contribution in [1.29, 1.82) is 0 Å². The lowest BCUT2D eigenvalue weighted by molar-refractivity contribution is 0.0610. The molecular weight excluding hydrogens is 573 g/mol. The first kappa shape index (κ1) is 30.9. The highest BCUT2D eigenvalue weighted by molar-refractivity contribution is 6.32. The van der Waals surface area contributed by atoms with E-state index in [-0.39, 0.29) is 35.6 Å². The van der Waals surface area contributed by atoms with Crippen molar-refractivity contribution in [1.82, 2.24) is 25.1 Å². The summed E-state index contributed by atoms with van der Waals surface area (Å²) in [4.78, 5) is 28.2. The van der Waals surface area contributed by atoms with E-state index in [1.807, 2.05) is 12.1 Å². The lowest BCUT2D eigenvalue weighted by atomic mass is 9.98. The number of halogens is 2. The first-order chi connectivity index (χ1) is 20.8. The minimum Gasteiger partial charge on any atom is -0.457 e. The van der Waals surface area contributed by atoms with E-state index in [4.69, 9.17) is 27.2 Å². The summed E-state index contributed by atoms with van der Waals surface area (Å²) < 4.78 is 19.0. The van der Waals surface area contributed by atoms with Crippen LogP contribution in [0.2, 0.25) is 5.15 Å². The Morgan fingerprint density at radius 1 is 1.07 bits per heavy atom. The number of piperazine rings is 1. The molecule has 0 bridgehead atoms. The molecule has 5 rings (SSSR count). The minimum absolute atomic E-state index is 0.0211. The number of nitrogens with one attached hydrogen (secondary N) is 1. The number of nitrogens with two attached hydrogens (primary N) is 1. The monoisotopic (exact) mass is 611 g/mol. The highest BCUT2D eigenvalue weighted by Gasteiger charge is 2.34. The fraction of sp³-hybridized carbons (Fsp3) is 0.452. The largest absolute Gasteiger partial charge is 0.457 e. The number of anilines is 2. The highest BCUT2D eigenvalue weighted by atomic mass is 35.5. The van der Waals surface area contributed by atoms with Crippen LogP contribution in [0.3, 0.4) is 0 Å². The number of aromatic nitrogens is 2. The zero-order chi connectivity index (χ0) is 30.3. The molecular formula is C31H39ClFN7O3. The van der Waals surface area contributed by atoms with E-state index in [0.717, 1.165) is 64.3 Å². The molecule has 1 aromatic heterocycles. The summed E-state index contributed by atoms with van der Waals surface area (Å²) in [5.74, 6) is 1.07. The Bertz CT molecular complexity index is 1370. The van der Waals surface area contributed by atoms with E-state index in [2.05, 4.69) is 49.0 Å². The number of amides is 1. The summed E-state index contributed by atoms with van der Waals surface area (Å²) in [7, 11) is 0. The van der Waals surface area contributed by atoms with Crippen molar-refractivity contribution in [2.75, 3.05) is 56.5 Å². The molecule has 10 nitrogen and oxygen atoms in total. The maximum atomic E-state index is 13.1. The van der Waals surface area contributed by atoms with E-state index in [9.17, 15) is 9.18 Å². The molecule has 1 amide bonds. The van der Waals surface area contributed by atoms with E-state index < -0.39 is 5.91 Å². The Morgan fingerprint density at radius 3 is 2.40 bits per heavy atom. The second-order valence-corrected chi connectivity index (χ2v) is 11.4. The Balaban J connectivity index is 1.12. The van der Waals surface area contributed by atoms with Crippen LogP contribution >= 0.6 is 11.6 Å². The van der Waals surface area contributed by atoms with Crippen LogP contribution in [0.15, 0.2) is 48.5 Å². The summed E-state index contributed by atoms with van der Waals surface area (Å²) in [5.41, 5.74) is 7.28. The number of rotatable bonds is 10. The molecule has 4 N–H and O–H groups in total. The van der Waals surface area contributed by atoms with Gasteiger partial charge in [-0.1, -0.05) is 30.7 Å². The molecule has 2 saturated heterocycles. The van der Waals surface area contributed by atoms with Gasteiger partial charge in [0.2, 0.25) is 0 Å². The van der Waals surface area contributed by atoms with Gasteiger partial charge in [-0.3, -0.25) is 14.6 Å². The molecule has 43 heavy (non-hydrogen) atoms. The number of piperidine rings is 1. The normalized spacial score (nSPS) is 18.5. The lowest BCUT2D eigenvalue weighted by Gasteiger charge is -2.47. The average Bonchev–Trinajstić information content (AvgIpc) is 3.03. The van der Waals surface area contributed by atoms with Crippen molar-refractivity contribution in [2.45, 2.75) is 44.8 Å². The third-order valence-electron chi connectivity index (χ3n) is 8.18. The van der Waals surface area contributed by atoms with Crippen LogP contribution < -0.4 is 20.7 Å². The predicted molar refractivity (Wildman–Crippen MR) is 165 cm³/mol. The number of nitrogens with zero attached hydrogens (tertiary/aromatic N) is 5. The quantitative estimate of drug-likeness (QED) is 0.313. The molecule has 0 radical (unpaired) electrons. The van der Waals surface area contributed by atoms with Gasteiger partial charge in [0, 0.05) is 44.8 Å². The second kappa shape index (κ2) is 14.3. The molecule has 2 fully saturated rings. The summed E-state index contributed by atoms with van der Waals surface area (Å²) in [5, 5.41) is 11.6. The second-order valence-electron chi connectivity index (χ2n) is 11.0. The van der Waals surface area contributed by atoms with Gasteiger partial charge in [-0.05, 0) is 74.3 Å². The molecule has 1 atom stereocenters. The molecule has 3 aromatic rings. The number of hydrogen-bond donors (Lipinski definition) is 3. The van der Waals surface area contributed by atoms with Gasteiger partial charge < -0.3 is 25.8 Å².